The van der Waals surface area contributed by atoms with Gasteiger partial charge in [0.2, 0.25) is 5.91 Å². The average molecular weight is 534 g/mol. The quantitative estimate of drug-likeness (QED) is 0.252. The molecule has 1 heterocycles. The number of para-hydroxylation sites is 2. The molecule has 0 aromatic heterocycles. The van der Waals surface area contributed by atoms with Gasteiger partial charge in [-0.3, -0.25) is 9.79 Å². The summed E-state index contributed by atoms with van der Waals surface area (Å²) in [7, 11) is 0. The maximum absolute atomic E-state index is 12.5. The summed E-state index contributed by atoms with van der Waals surface area (Å²) >= 11 is 0. The summed E-state index contributed by atoms with van der Waals surface area (Å²) in [6.07, 6.45) is -4.01. The van der Waals surface area contributed by atoms with Crippen molar-refractivity contribution in [3.63, 3.8) is 0 Å². The highest BCUT2D eigenvalue weighted by Gasteiger charge is 2.32. The van der Waals surface area contributed by atoms with E-state index in [2.05, 4.69) is 15.0 Å². The highest BCUT2D eigenvalue weighted by molar-refractivity contribution is 14.0. The third kappa shape index (κ3) is 6.78. The number of halogens is 4. The number of nitrogens with two attached hydrogens (primary N) is 1. The molecular formula is C20H22F3IN4O2. The van der Waals surface area contributed by atoms with E-state index >= 15 is 0 Å². The van der Waals surface area contributed by atoms with Gasteiger partial charge in [0, 0.05) is 26.1 Å². The Morgan fingerprint density at radius 3 is 2.33 bits per heavy atom. The van der Waals surface area contributed by atoms with Crippen LogP contribution >= 0.6 is 24.0 Å². The van der Waals surface area contributed by atoms with Gasteiger partial charge in [0.1, 0.15) is 0 Å². The molecule has 3 rings (SSSR count). The van der Waals surface area contributed by atoms with Gasteiger partial charge >= 0.3 is 6.36 Å². The van der Waals surface area contributed by atoms with Crippen molar-refractivity contribution in [1.82, 2.24) is 4.90 Å². The number of carbonyl (C=O) groups is 1. The Morgan fingerprint density at radius 2 is 1.70 bits per heavy atom. The molecule has 162 valence electrons. The molecule has 2 aromatic carbocycles. The molecule has 6 nitrogen and oxygen atoms in total. The van der Waals surface area contributed by atoms with Crippen molar-refractivity contribution in [3.05, 3.63) is 59.7 Å². The molecule has 30 heavy (non-hydrogen) atoms. The lowest BCUT2D eigenvalue weighted by Gasteiger charge is -2.15. The van der Waals surface area contributed by atoms with Gasteiger partial charge in [-0.15, -0.1) is 37.1 Å². The molecule has 1 aliphatic heterocycles. The summed E-state index contributed by atoms with van der Waals surface area (Å²) in [5.41, 5.74) is 8.11. The number of carbonyl (C=O) groups excluding carboxylic acids is 1. The Morgan fingerprint density at radius 1 is 1.10 bits per heavy atom. The number of rotatable bonds is 6. The van der Waals surface area contributed by atoms with E-state index in [1.807, 2.05) is 24.3 Å². The van der Waals surface area contributed by atoms with E-state index in [1.165, 1.54) is 18.2 Å². The van der Waals surface area contributed by atoms with Crippen LogP contribution in [0.2, 0.25) is 0 Å². The number of anilines is 1. The first-order valence-electron chi connectivity index (χ1n) is 9.08. The minimum atomic E-state index is -4.81. The Balaban J connectivity index is 0.00000320. The Bertz CT molecular complexity index is 881. The first kappa shape index (κ1) is 23.8. The number of aliphatic imine (C=N–C) groups is 1. The van der Waals surface area contributed by atoms with Gasteiger partial charge in [0.15, 0.2) is 11.7 Å². The normalized spacial score (nSPS) is 13.4. The van der Waals surface area contributed by atoms with Crippen LogP contribution in [-0.4, -0.2) is 29.7 Å². The third-order valence-electron chi connectivity index (χ3n) is 4.40. The number of hydrogen-bond acceptors (Lipinski definition) is 3. The van der Waals surface area contributed by atoms with Crippen LogP contribution in [-0.2, 0) is 17.9 Å². The van der Waals surface area contributed by atoms with Crippen molar-refractivity contribution in [3.8, 4) is 5.75 Å². The highest BCUT2D eigenvalue weighted by atomic mass is 127. The third-order valence-corrected chi connectivity index (χ3v) is 4.40. The molecule has 1 aliphatic rings. The maximum atomic E-state index is 12.5. The second kappa shape index (κ2) is 10.5. The Kier molecular flexibility index (Phi) is 8.33. The smallest absolute Gasteiger partial charge is 0.404 e. The van der Waals surface area contributed by atoms with Gasteiger partial charge in [0.05, 0.1) is 5.69 Å². The molecule has 0 bridgehead atoms. The molecule has 1 amide bonds. The maximum Gasteiger partial charge on any atom is 0.573 e. The molecule has 10 heteroatoms. The zero-order valence-corrected chi connectivity index (χ0v) is 18.3. The number of fused-ring (bicyclic) bond motifs is 1. The largest absolute Gasteiger partial charge is 0.573 e. The van der Waals surface area contributed by atoms with E-state index in [9.17, 15) is 18.0 Å². The zero-order chi connectivity index (χ0) is 20.9. The number of guanidine groups is 1. The second-order valence-electron chi connectivity index (χ2n) is 6.56. The van der Waals surface area contributed by atoms with Crippen molar-refractivity contribution in [1.29, 1.82) is 0 Å². The predicted octanol–water partition coefficient (Wildman–Crippen LogP) is 4.25. The van der Waals surface area contributed by atoms with Crippen LogP contribution in [0.3, 0.4) is 0 Å². The molecule has 0 saturated carbocycles. The first-order chi connectivity index (χ1) is 13.8. The lowest BCUT2D eigenvalue weighted by Crippen LogP contribution is -2.26. The minimum Gasteiger partial charge on any atom is -0.404 e. The Labute approximate surface area is 189 Å². The zero-order valence-electron chi connectivity index (χ0n) is 16.0. The number of nitrogens with zero attached hydrogens (tertiary/aromatic N) is 2. The van der Waals surface area contributed by atoms with Crippen molar-refractivity contribution < 1.29 is 22.7 Å². The number of hydrogen-bond donors (Lipinski definition) is 2. The predicted molar refractivity (Wildman–Crippen MR) is 119 cm³/mol. The van der Waals surface area contributed by atoms with Crippen LogP contribution in [0.1, 0.15) is 24.0 Å². The summed E-state index contributed by atoms with van der Waals surface area (Å²) in [4.78, 5) is 18.2. The molecule has 0 saturated heterocycles. The number of ether oxygens (including phenoxy) is 1. The monoisotopic (exact) mass is 534 g/mol. The second-order valence-corrected chi connectivity index (χ2v) is 6.56. The lowest BCUT2D eigenvalue weighted by atomic mass is 10.1. The van der Waals surface area contributed by atoms with Crippen molar-refractivity contribution in [2.45, 2.75) is 32.3 Å². The molecule has 0 atom stereocenters. The Hall–Kier alpha value is -2.50. The van der Waals surface area contributed by atoms with Gasteiger partial charge in [-0.05, 0) is 29.7 Å². The van der Waals surface area contributed by atoms with Gasteiger partial charge in [-0.25, -0.2) is 0 Å². The summed E-state index contributed by atoms with van der Waals surface area (Å²) in [5, 5.41) is 2.60. The van der Waals surface area contributed by atoms with E-state index in [4.69, 9.17) is 5.73 Å². The number of amides is 1. The molecule has 3 N–H and O–H groups in total. The summed E-state index contributed by atoms with van der Waals surface area (Å²) in [6, 6.07) is 13.5. The van der Waals surface area contributed by atoms with E-state index in [0.29, 0.717) is 25.9 Å². The average Bonchev–Trinajstić information content (AvgIpc) is 3.10. The highest BCUT2D eigenvalue weighted by Crippen LogP contribution is 2.29. The van der Waals surface area contributed by atoms with Crippen LogP contribution in [0.4, 0.5) is 18.9 Å². The summed E-state index contributed by atoms with van der Waals surface area (Å²) in [6.45, 7) is 1.49. The van der Waals surface area contributed by atoms with E-state index < -0.39 is 12.1 Å². The molecule has 0 aliphatic carbocycles. The van der Waals surface area contributed by atoms with E-state index in [1.54, 1.807) is 11.0 Å². The standard InChI is InChI=1S/C20H21F3N4O2.HI/c21-20(22,23)29-17-9-4-3-8-16(17)26-19(24)25-11-5-10-18(28)27-12-14-6-1-2-7-15(14)13-27;/h1-4,6-9H,5,10-13H2,(H3,24,25,26);1H. The van der Waals surface area contributed by atoms with Gasteiger partial charge in [-0.1, -0.05) is 36.4 Å². The van der Waals surface area contributed by atoms with Crippen LogP contribution in [0.15, 0.2) is 53.5 Å². The number of nitrogens with one attached hydrogen (secondary N) is 1. The topological polar surface area (TPSA) is 80.0 Å². The van der Waals surface area contributed by atoms with Crippen LogP contribution in [0.25, 0.3) is 0 Å². The summed E-state index contributed by atoms with van der Waals surface area (Å²) in [5.74, 6) is -0.418. The number of benzene rings is 2. The lowest BCUT2D eigenvalue weighted by molar-refractivity contribution is -0.274. The molecular weight excluding hydrogens is 512 g/mol. The van der Waals surface area contributed by atoms with Crippen molar-refractivity contribution >= 4 is 41.5 Å². The summed E-state index contributed by atoms with van der Waals surface area (Å²) < 4.78 is 41.3. The van der Waals surface area contributed by atoms with Gasteiger partial charge in [0.25, 0.3) is 0 Å². The van der Waals surface area contributed by atoms with Crippen molar-refractivity contribution in [2.24, 2.45) is 10.7 Å². The van der Waals surface area contributed by atoms with Gasteiger partial charge in [-0.2, -0.15) is 0 Å². The van der Waals surface area contributed by atoms with Crippen LogP contribution in [0, 0.1) is 0 Å². The van der Waals surface area contributed by atoms with Crippen molar-refractivity contribution in [2.75, 3.05) is 11.9 Å². The molecule has 0 spiro atoms. The fourth-order valence-corrected chi connectivity index (χ4v) is 3.06. The fraction of sp³-hybridized carbons (Fsp3) is 0.300. The molecule has 0 unspecified atom stereocenters. The fourth-order valence-electron chi connectivity index (χ4n) is 3.06. The van der Waals surface area contributed by atoms with E-state index in [-0.39, 0.29) is 48.1 Å². The molecule has 0 fully saturated rings. The molecule has 2 aromatic rings. The van der Waals surface area contributed by atoms with Crippen LogP contribution in [0.5, 0.6) is 5.75 Å². The minimum absolute atomic E-state index is 0. The SMILES string of the molecule is I.NC(=NCCCC(=O)N1Cc2ccccc2C1)Nc1ccccc1OC(F)(F)F. The molecule has 0 radical (unpaired) electrons. The van der Waals surface area contributed by atoms with Gasteiger partial charge < -0.3 is 20.7 Å². The first-order valence-corrected chi connectivity index (χ1v) is 9.08. The van der Waals surface area contributed by atoms with Crippen LogP contribution < -0.4 is 15.8 Å². The number of alkyl halides is 3. The van der Waals surface area contributed by atoms with E-state index in [0.717, 1.165) is 11.1 Å².